The zero-order valence-electron chi connectivity index (χ0n) is 20.4. The van der Waals surface area contributed by atoms with Crippen LogP contribution in [0.4, 0.5) is 0 Å². The van der Waals surface area contributed by atoms with E-state index in [2.05, 4.69) is 6.58 Å². The Morgan fingerprint density at radius 3 is 2.45 bits per heavy atom. The van der Waals surface area contributed by atoms with Crippen LogP contribution in [-0.2, 0) is 16.6 Å². The summed E-state index contributed by atoms with van der Waals surface area (Å²) in [5.41, 5.74) is 4.46. The number of aromatic nitrogens is 1. The molecule has 4 rings (SSSR count). The number of ether oxygens (including phenoxy) is 1. The fourth-order valence-corrected chi connectivity index (χ4v) is 4.70. The number of aryl methyl sites for hydroxylation is 1. The lowest BCUT2D eigenvalue weighted by atomic mass is 9.78. The smallest absolute Gasteiger partial charge is 0.254 e. The fraction of sp³-hybridized carbons (Fsp3) is 0.407. The predicted octanol–water partition coefficient (Wildman–Crippen LogP) is 4.33. The van der Waals surface area contributed by atoms with Crippen LogP contribution >= 0.6 is 0 Å². The molecule has 1 fully saturated rings. The molecule has 2 amide bonds. The summed E-state index contributed by atoms with van der Waals surface area (Å²) in [4.78, 5) is 30.8. The Morgan fingerprint density at radius 1 is 1.12 bits per heavy atom. The number of fused-ring (bicyclic) bond motifs is 1. The molecule has 2 aromatic rings. The Kier molecular flexibility index (Phi) is 7.92. The van der Waals surface area contributed by atoms with Gasteiger partial charge in [0.2, 0.25) is 5.91 Å². The molecule has 2 unspecified atom stereocenters. The van der Waals surface area contributed by atoms with Crippen LogP contribution in [0.15, 0.2) is 49.2 Å². The third-order valence-corrected chi connectivity index (χ3v) is 6.45. The van der Waals surface area contributed by atoms with Crippen molar-refractivity contribution in [2.24, 2.45) is 7.05 Å². The van der Waals surface area contributed by atoms with Crippen molar-refractivity contribution in [3.8, 4) is 0 Å². The minimum absolute atomic E-state index is 0.0419. The molecule has 2 atom stereocenters. The summed E-state index contributed by atoms with van der Waals surface area (Å²) in [7, 11) is 3.79. The van der Waals surface area contributed by atoms with E-state index in [0.717, 1.165) is 22.4 Å². The Bertz CT molecular complexity index is 1050. The highest BCUT2D eigenvalue weighted by molar-refractivity contribution is 6.01. The maximum Gasteiger partial charge on any atom is 0.254 e. The van der Waals surface area contributed by atoms with Crippen LogP contribution in [0.5, 0.6) is 0 Å². The maximum atomic E-state index is 13.9. The number of nitrogens with zero attached hydrogens (tertiary/aromatic N) is 3. The number of morpholine rings is 1. The quantitative estimate of drug-likeness (QED) is 0.653. The number of hydrogen-bond acceptors (Lipinski definition) is 3. The molecule has 2 aliphatic heterocycles. The van der Waals surface area contributed by atoms with Crippen molar-refractivity contribution in [2.75, 3.05) is 33.4 Å². The average molecular weight is 450 g/mol. The number of carbonyl (C=O) groups is 2. The highest BCUT2D eigenvalue weighted by Gasteiger charge is 2.45. The first-order valence-electron chi connectivity index (χ1n) is 11.6. The third kappa shape index (κ3) is 4.53. The molecular formula is C27H35N3O3. The van der Waals surface area contributed by atoms with Crippen molar-refractivity contribution < 1.29 is 14.3 Å². The fourth-order valence-electron chi connectivity index (χ4n) is 4.70. The number of carbonyl (C=O) groups excluding carboxylic acids is 2. The van der Waals surface area contributed by atoms with Crippen molar-refractivity contribution in [3.05, 3.63) is 77.1 Å². The monoisotopic (exact) mass is 449 g/mol. The van der Waals surface area contributed by atoms with Gasteiger partial charge in [0.15, 0.2) is 0 Å². The molecule has 2 aliphatic rings. The van der Waals surface area contributed by atoms with Gasteiger partial charge in [0.1, 0.15) is 0 Å². The Hall–Kier alpha value is -3.12. The summed E-state index contributed by atoms with van der Waals surface area (Å²) in [5, 5.41) is 0. The van der Waals surface area contributed by atoms with Crippen LogP contribution in [0.25, 0.3) is 6.08 Å². The molecule has 0 radical (unpaired) electrons. The molecule has 0 aliphatic carbocycles. The van der Waals surface area contributed by atoms with E-state index < -0.39 is 12.0 Å². The van der Waals surface area contributed by atoms with Gasteiger partial charge in [0.25, 0.3) is 5.91 Å². The second-order valence-corrected chi connectivity index (χ2v) is 8.15. The number of rotatable bonds is 4. The van der Waals surface area contributed by atoms with E-state index in [1.54, 1.807) is 18.0 Å². The van der Waals surface area contributed by atoms with Crippen molar-refractivity contribution in [3.63, 3.8) is 0 Å². The summed E-state index contributed by atoms with van der Waals surface area (Å²) < 4.78 is 7.51. The molecule has 6 nitrogen and oxygen atoms in total. The Balaban J connectivity index is 0.00000149. The van der Waals surface area contributed by atoms with Gasteiger partial charge in [-0.05, 0) is 18.6 Å². The van der Waals surface area contributed by atoms with Gasteiger partial charge in [-0.25, -0.2) is 0 Å². The van der Waals surface area contributed by atoms with E-state index in [9.17, 15) is 9.59 Å². The summed E-state index contributed by atoms with van der Waals surface area (Å²) in [6.07, 6.45) is 7.67. The molecule has 0 N–H and O–H groups in total. The number of allylic oxidation sites excluding steroid dienone is 2. The lowest BCUT2D eigenvalue weighted by Crippen LogP contribution is -2.49. The van der Waals surface area contributed by atoms with Crippen molar-refractivity contribution in [1.82, 2.24) is 14.4 Å². The van der Waals surface area contributed by atoms with E-state index in [4.69, 9.17) is 4.74 Å². The average Bonchev–Trinajstić information content (AvgIpc) is 3.14. The van der Waals surface area contributed by atoms with Gasteiger partial charge in [-0.2, -0.15) is 0 Å². The maximum absolute atomic E-state index is 13.9. The normalized spacial score (nSPS) is 20.3. The third-order valence-electron chi connectivity index (χ3n) is 6.45. The van der Waals surface area contributed by atoms with Gasteiger partial charge < -0.3 is 19.1 Å². The molecular weight excluding hydrogens is 414 g/mol. The standard InChI is InChI=1S/C25H29N3O3.C2H6/c1-5-6-9-18-17(2)26(3)16-21(18)23-22(25(30)28-12-14-31-15-13-28)19-10-7-8-11-20(19)24(29)27(23)4;1-2/h5-11,16,22-23H,1,12-15H2,2-4H3;1-2H3/b9-6-;. The predicted molar refractivity (Wildman–Crippen MR) is 132 cm³/mol. The minimum Gasteiger partial charge on any atom is -0.378 e. The number of likely N-dealkylation sites (N-methyl/N-ethyl adjacent to an activating group) is 1. The van der Waals surface area contributed by atoms with Crippen molar-refractivity contribution in [2.45, 2.75) is 32.7 Å². The molecule has 6 heteroatoms. The molecule has 1 saturated heterocycles. The van der Waals surface area contributed by atoms with Gasteiger partial charge in [-0.1, -0.05) is 56.9 Å². The summed E-state index contributed by atoms with van der Waals surface area (Å²) in [6, 6.07) is 7.10. The largest absolute Gasteiger partial charge is 0.378 e. The zero-order valence-corrected chi connectivity index (χ0v) is 20.4. The van der Waals surface area contributed by atoms with Gasteiger partial charge in [-0.15, -0.1) is 0 Å². The molecule has 33 heavy (non-hydrogen) atoms. The second-order valence-electron chi connectivity index (χ2n) is 8.15. The van der Waals surface area contributed by atoms with Crippen LogP contribution in [0, 0.1) is 6.92 Å². The first-order chi connectivity index (χ1) is 16.0. The number of benzene rings is 1. The van der Waals surface area contributed by atoms with Gasteiger partial charge >= 0.3 is 0 Å². The molecule has 3 heterocycles. The number of hydrogen-bond donors (Lipinski definition) is 0. The van der Waals surface area contributed by atoms with E-state index >= 15 is 0 Å². The van der Waals surface area contributed by atoms with Crippen LogP contribution in [-0.4, -0.2) is 59.5 Å². The van der Waals surface area contributed by atoms with E-state index in [1.807, 2.05) is 79.9 Å². The van der Waals surface area contributed by atoms with Crippen LogP contribution < -0.4 is 0 Å². The first kappa shape index (κ1) is 24.5. The summed E-state index contributed by atoms with van der Waals surface area (Å²) in [5.74, 6) is -0.498. The lowest BCUT2D eigenvalue weighted by molar-refractivity contribution is -0.138. The van der Waals surface area contributed by atoms with E-state index in [-0.39, 0.29) is 11.8 Å². The van der Waals surface area contributed by atoms with E-state index in [0.29, 0.717) is 31.9 Å². The van der Waals surface area contributed by atoms with Crippen molar-refractivity contribution in [1.29, 1.82) is 0 Å². The summed E-state index contributed by atoms with van der Waals surface area (Å²) in [6.45, 7) is 12.0. The molecule has 176 valence electrons. The SMILES string of the molecule is C=C/C=C\c1c(C2C(C(=O)N3CCOCC3)c3ccccc3C(=O)N2C)cn(C)c1C.CC. The molecule has 0 saturated carbocycles. The van der Waals surface area contributed by atoms with Crippen LogP contribution in [0.3, 0.4) is 0 Å². The second kappa shape index (κ2) is 10.7. The van der Waals surface area contributed by atoms with Gasteiger partial charge in [0.05, 0.1) is 25.2 Å². The Labute approximate surface area is 197 Å². The molecule has 1 aromatic carbocycles. The molecule has 1 aromatic heterocycles. The topological polar surface area (TPSA) is 54.8 Å². The zero-order chi connectivity index (χ0) is 24.1. The molecule has 0 bridgehead atoms. The van der Waals surface area contributed by atoms with E-state index in [1.165, 1.54) is 0 Å². The molecule has 0 spiro atoms. The highest BCUT2D eigenvalue weighted by Crippen LogP contribution is 2.45. The van der Waals surface area contributed by atoms with Crippen LogP contribution in [0.1, 0.15) is 58.5 Å². The summed E-state index contributed by atoms with van der Waals surface area (Å²) >= 11 is 0. The lowest BCUT2D eigenvalue weighted by Gasteiger charge is -2.42. The number of amides is 2. The van der Waals surface area contributed by atoms with Gasteiger partial charge in [0, 0.05) is 55.8 Å². The van der Waals surface area contributed by atoms with Gasteiger partial charge in [-0.3, -0.25) is 9.59 Å². The van der Waals surface area contributed by atoms with Crippen LogP contribution in [0.2, 0.25) is 0 Å². The van der Waals surface area contributed by atoms with Crippen molar-refractivity contribution >= 4 is 17.9 Å². The highest BCUT2D eigenvalue weighted by atomic mass is 16.5. The Morgan fingerprint density at radius 2 is 1.79 bits per heavy atom. The minimum atomic E-state index is -0.477. The first-order valence-corrected chi connectivity index (χ1v) is 11.6.